The molecule has 0 aromatic heterocycles. The fourth-order valence-corrected chi connectivity index (χ4v) is 5.29. The van der Waals surface area contributed by atoms with Crippen LogP contribution in [0.3, 0.4) is 0 Å². The van der Waals surface area contributed by atoms with Crippen LogP contribution in [0, 0.1) is 17.6 Å². The van der Waals surface area contributed by atoms with E-state index in [9.17, 15) is 18.0 Å². The first-order valence-corrected chi connectivity index (χ1v) is 14.5. The van der Waals surface area contributed by atoms with Crippen molar-refractivity contribution in [3.63, 3.8) is 0 Å². The second-order valence-electron chi connectivity index (χ2n) is 10.7. The summed E-state index contributed by atoms with van der Waals surface area (Å²) >= 11 is 0. The van der Waals surface area contributed by atoms with E-state index < -0.39 is 35.1 Å². The number of benzene rings is 2. The predicted molar refractivity (Wildman–Crippen MR) is 146 cm³/mol. The highest BCUT2D eigenvalue weighted by molar-refractivity contribution is 5.91. The molecule has 6 heteroatoms. The molecule has 0 N–H and O–H groups in total. The van der Waals surface area contributed by atoms with Crippen molar-refractivity contribution in [3.05, 3.63) is 59.2 Å². The molecule has 3 rings (SSSR count). The molecule has 0 bridgehead atoms. The van der Waals surface area contributed by atoms with E-state index in [0.29, 0.717) is 12.3 Å². The van der Waals surface area contributed by atoms with Crippen LogP contribution in [-0.4, -0.2) is 18.7 Å². The summed E-state index contributed by atoms with van der Waals surface area (Å²) < 4.78 is 53.6. The number of hydrogen-bond donors (Lipinski definition) is 0. The zero-order valence-corrected chi connectivity index (χ0v) is 23.0. The lowest BCUT2D eigenvalue weighted by Crippen LogP contribution is -2.16. The van der Waals surface area contributed by atoms with Crippen LogP contribution in [0.25, 0.3) is 0 Å². The van der Waals surface area contributed by atoms with Crippen LogP contribution in [0.4, 0.5) is 13.2 Å². The second-order valence-corrected chi connectivity index (χ2v) is 10.7. The third kappa shape index (κ3) is 9.06. The molecule has 0 amide bonds. The van der Waals surface area contributed by atoms with E-state index in [2.05, 4.69) is 13.8 Å². The van der Waals surface area contributed by atoms with E-state index in [1.165, 1.54) is 44.1 Å². The van der Waals surface area contributed by atoms with Gasteiger partial charge >= 0.3 is 5.97 Å². The Balaban J connectivity index is 1.50. The van der Waals surface area contributed by atoms with Crippen molar-refractivity contribution < 1.29 is 27.4 Å². The van der Waals surface area contributed by atoms with Crippen molar-refractivity contribution in [2.75, 3.05) is 6.61 Å². The Kier molecular flexibility index (Phi) is 12.5. The van der Waals surface area contributed by atoms with Gasteiger partial charge < -0.3 is 9.47 Å². The maximum atomic E-state index is 14.6. The first-order chi connectivity index (χ1) is 18.4. The summed E-state index contributed by atoms with van der Waals surface area (Å²) in [7, 11) is 0. The van der Waals surface area contributed by atoms with Crippen molar-refractivity contribution >= 4 is 5.97 Å². The maximum Gasteiger partial charge on any atom is 0.346 e. The van der Waals surface area contributed by atoms with Crippen molar-refractivity contribution in [2.24, 2.45) is 5.92 Å². The molecule has 0 saturated heterocycles. The number of carbonyl (C=O) groups excluding carboxylic acids is 1. The molecule has 1 aliphatic rings. The number of alkyl halides is 1. The van der Waals surface area contributed by atoms with Crippen LogP contribution in [0.2, 0.25) is 0 Å². The first kappa shape index (κ1) is 30.0. The molecule has 2 aromatic rings. The minimum atomic E-state index is -1.36. The van der Waals surface area contributed by atoms with Gasteiger partial charge in [-0.25, -0.2) is 13.6 Å². The number of halogens is 3. The molecular formula is C32H43F3O3. The topological polar surface area (TPSA) is 35.5 Å². The monoisotopic (exact) mass is 532 g/mol. The summed E-state index contributed by atoms with van der Waals surface area (Å²) in [6.07, 6.45) is 12.8. The Morgan fingerprint density at radius 1 is 0.868 bits per heavy atom. The average Bonchev–Trinajstić information content (AvgIpc) is 2.93. The van der Waals surface area contributed by atoms with Gasteiger partial charge in [-0.1, -0.05) is 77.3 Å². The van der Waals surface area contributed by atoms with Gasteiger partial charge in [-0.3, -0.25) is 0 Å². The molecule has 2 aromatic carbocycles. The van der Waals surface area contributed by atoms with Crippen molar-refractivity contribution in [2.45, 2.75) is 109 Å². The number of unbranched alkanes of at least 4 members (excludes halogenated alkanes) is 5. The Morgan fingerprint density at radius 3 is 2.24 bits per heavy atom. The van der Waals surface area contributed by atoms with Crippen LogP contribution in [0.15, 0.2) is 36.4 Å². The van der Waals surface area contributed by atoms with Crippen molar-refractivity contribution in [3.8, 4) is 11.5 Å². The number of ether oxygens (including phenoxy) is 2. The summed E-state index contributed by atoms with van der Waals surface area (Å²) in [6, 6.07) is 9.56. The van der Waals surface area contributed by atoms with Crippen molar-refractivity contribution in [1.82, 2.24) is 0 Å². The summed E-state index contributed by atoms with van der Waals surface area (Å²) in [4.78, 5) is 12.5. The Bertz CT molecular complexity index is 984. The predicted octanol–water partition coefficient (Wildman–Crippen LogP) is 9.73. The molecule has 1 aliphatic carbocycles. The third-order valence-electron chi connectivity index (χ3n) is 7.68. The molecule has 0 spiro atoms. The zero-order chi connectivity index (χ0) is 27.3. The van der Waals surface area contributed by atoms with Gasteiger partial charge in [0.1, 0.15) is 18.5 Å². The van der Waals surface area contributed by atoms with Crippen LogP contribution < -0.4 is 9.47 Å². The van der Waals surface area contributed by atoms with Crippen LogP contribution >= 0.6 is 0 Å². The minimum Gasteiger partial charge on any atom is -0.487 e. The van der Waals surface area contributed by atoms with Crippen LogP contribution in [-0.2, 0) is 0 Å². The number of esters is 1. The number of hydrogen-bond acceptors (Lipinski definition) is 3. The summed E-state index contributed by atoms with van der Waals surface area (Å²) in [5, 5.41) is 0. The smallest absolute Gasteiger partial charge is 0.346 e. The largest absolute Gasteiger partial charge is 0.487 e. The highest BCUT2D eigenvalue weighted by Gasteiger charge is 2.24. The maximum absolute atomic E-state index is 14.6. The standard InChI is InChI=1S/C32H43F3O3/c1-3-5-7-9-11-26(33)22-37-29-21-20-28(30(34)31(29)35)32(36)38-27-18-16-25(17-19-27)24-14-12-23(13-15-24)10-8-6-4-2/h16-21,23-24,26H,3-15,22H2,1-2H3/t23?,24?,26-/m0/s1. The van der Waals surface area contributed by atoms with Gasteiger partial charge in [0.25, 0.3) is 0 Å². The van der Waals surface area contributed by atoms with E-state index in [0.717, 1.165) is 56.6 Å². The number of carbonyl (C=O) groups is 1. The van der Waals surface area contributed by atoms with Gasteiger partial charge in [0.2, 0.25) is 5.82 Å². The first-order valence-electron chi connectivity index (χ1n) is 14.5. The quantitative estimate of drug-likeness (QED) is 0.130. The molecule has 0 radical (unpaired) electrons. The van der Waals surface area contributed by atoms with Crippen LogP contribution in [0.5, 0.6) is 11.5 Å². The fraction of sp³-hybridized carbons (Fsp3) is 0.594. The highest BCUT2D eigenvalue weighted by atomic mass is 19.2. The number of rotatable bonds is 15. The zero-order valence-electron chi connectivity index (χ0n) is 23.0. The summed E-state index contributed by atoms with van der Waals surface area (Å²) in [5.74, 6) is -2.49. The van der Waals surface area contributed by atoms with Gasteiger partial charge in [-0.05, 0) is 73.8 Å². The van der Waals surface area contributed by atoms with Crippen LogP contribution in [0.1, 0.15) is 119 Å². The highest BCUT2D eigenvalue weighted by Crippen LogP contribution is 2.38. The van der Waals surface area contributed by atoms with E-state index in [-0.39, 0.29) is 12.4 Å². The van der Waals surface area contributed by atoms with Gasteiger partial charge in [0.15, 0.2) is 11.6 Å². The lowest BCUT2D eigenvalue weighted by Gasteiger charge is -2.29. The normalized spacial score (nSPS) is 18.2. The third-order valence-corrected chi connectivity index (χ3v) is 7.68. The summed E-state index contributed by atoms with van der Waals surface area (Å²) in [5.41, 5.74) is 0.684. The molecule has 1 atom stereocenters. The molecular weight excluding hydrogens is 489 g/mol. The van der Waals surface area contributed by atoms with E-state index in [1.807, 2.05) is 12.1 Å². The lowest BCUT2D eigenvalue weighted by molar-refractivity contribution is 0.0728. The molecule has 38 heavy (non-hydrogen) atoms. The van der Waals surface area contributed by atoms with E-state index in [1.54, 1.807) is 12.1 Å². The molecule has 1 fully saturated rings. The molecule has 210 valence electrons. The lowest BCUT2D eigenvalue weighted by atomic mass is 9.77. The SMILES string of the molecule is CCCCCC[C@H](F)COc1ccc(C(=O)Oc2ccc(C3CCC(CCCCC)CC3)cc2)c(F)c1F. The average molecular weight is 533 g/mol. The fourth-order valence-electron chi connectivity index (χ4n) is 5.29. The minimum absolute atomic E-state index is 0.274. The van der Waals surface area contributed by atoms with Crippen molar-refractivity contribution in [1.29, 1.82) is 0 Å². The van der Waals surface area contributed by atoms with Gasteiger partial charge in [-0.2, -0.15) is 4.39 Å². The molecule has 0 unspecified atom stereocenters. The molecule has 0 aliphatic heterocycles. The molecule has 1 saturated carbocycles. The van der Waals surface area contributed by atoms with Gasteiger partial charge in [0, 0.05) is 0 Å². The second kappa shape index (κ2) is 15.8. The Labute approximate surface area is 226 Å². The van der Waals surface area contributed by atoms with Gasteiger partial charge in [0.05, 0.1) is 5.56 Å². The van der Waals surface area contributed by atoms with E-state index >= 15 is 0 Å². The Morgan fingerprint density at radius 2 is 1.55 bits per heavy atom. The summed E-state index contributed by atoms with van der Waals surface area (Å²) in [6.45, 7) is 3.95. The molecule has 0 heterocycles. The van der Waals surface area contributed by atoms with E-state index in [4.69, 9.17) is 9.47 Å². The molecule has 3 nitrogen and oxygen atoms in total. The van der Waals surface area contributed by atoms with Gasteiger partial charge in [-0.15, -0.1) is 0 Å². The Hall–Kier alpha value is -2.50.